The maximum absolute atomic E-state index is 3.66. The molecule has 0 aliphatic heterocycles. The lowest BCUT2D eigenvalue weighted by molar-refractivity contribution is 0.223. The van der Waals surface area contributed by atoms with Crippen LogP contribution >= 0.6 is 0 Å². The predicted octanol–water partition coefficient (Wildman–Crippen LogP) is 4.37. The molecule has 1 nitrogen and oxygen atoms in total. The average Bonchev–Trinajstić information content (AvgIpc) is 2.12. The molecule has 0 aliphatic rings. The van der Waals surface area contributed by atoms with Crippen LogP contribution in [0.4, 0.5) is 0 Å². The fraction of sp³-hybridized carbons (Fsp3) is 1.00. The molecule has 0 saturated heterocycles. The average molecular weight is 213 g/mol. The van der Waals surface area contributed by atoms with Crippen LogP contribution in [0.15, 0.2) is 0 Å². The molecule has 1 N–H and O–H groups in total. The number of hydrogen-bond donors (Lipinski definition) is 1. The molecule has 0 rings (SSSR count). The number of rotatable bonds is 7. The molecule has 0 radical (unpaired) electrons. The van der Waals surface area contributed by atoms with Gasteiger partial charge in [-0.05, 0) is 39.0 Å². The molecule has 0 aliphatic carbocycles. The minimum Gasteiger partial charge on any atom is -0.312 e. The summed E-state index contributed by atoms with van der Waals surface area (Å²) >= 11 is 0. The van der Waals surface area contributed by atoms with Gasteiger partial charge in [0.05, 0.1) is 0 Å². The molecule has 0 amide bonds. The summed E-state index contributed by atoms with van der Waals surface area (Å²) < 4.78 is 0. The quantitative estimate of drug-likeness (QED) is 0.662. The van der Waals surface area contributed by atoms with Crippen LogP contribution in [-0.4, -0.2) is 12.1 Å². The fourth-order valence-corrected chi connectivity index (χ4v) is 1.99. The normalized spacial score (nSPS) is 16.4. The molecule has 0 saturated carbocycles. The van der Waals surface area contributed by atoms with Gasteiger partial charge in [-0.25, -0.2) is 0 Å². The van der Waals surface area contributed by atoms with Gasteiger partial charge in [-0.2, -0.15) is 0 Å². The van der Waals surface area contributed by atoms with Gasteiger partial charge in [0.2, 0.25) is 0 Å². The smallest absolute Gasteiger partial charge is 0.00967 e. The lowest BCUT2D eigenvalue weighted by Gasteiger charge is -2.33. The minimum absolute atomic E-state index is 0.251. The summed E-state index contributed by atoms with van der Waals surface area (Å²) in [5.41, 5.74) is 0.749. The van der Waals surface area contributed by atoms with E-state index in [1.807, 2.05) is 0 Å². The van der Waals surface area contributed by atoms with E-state index in [1.165, 1.54) is 32.1 Å². The van der Waals surface area contributed by atoms with Gasteiger partial charge in [0.25, 0.3) is 0 Å². The van der Waals surface area contributed by atoms with Crippen molar-refractivity contribution in [1.82, 2.24) is 5.32 Å². The molecule has 92 valence electrons. The van der Waals surface area contributed by atoms with Crippen molar-refractivity contribution in [3.63, 3.8) is 0 Å². The van der Waals surface area contributed by atoms with Crippen molar-refractivity contribution < 1.29 is 0 Å². The highest BCUT2D eigenvalue weighted by molar-refractivity contribution is 4.81. The van der Waals surface area contributed by atoms with Gasteiger partial charge in [-0.3, -0.25) is 0 Å². The third kappa shape index (κ3) is 7.84. The maximum Gasteiger partial charge on any atom is 0.00967 e. The van der Waals surface area contributed by atoms with Gasteiger partial charge >= 0.3 is 0 Å². The Bertz CT molecular complexity index is 157. The van der Waals surface area contributed by atoms with E-state index < -0.39 is 0 Å². The Hall–Kier alpha value is -0.0400. The van der Waals surface area contributed by atoms with E-state index in [0.717, 1.165) is 6.54 Å². The lowest BCUT2D eigenvalue weighted by atomic mass is 9.80. The molecule has 0 aromatic heterocycles. The van der Waals surface area contributed by atoms with E-state index in [4.69, 9.17) is 0 Å². The van der Waals surface area contributed by atoms with Crippen LogP contribution in [-0.2, 0) is 0 Å². The van der Waals surface area contributed by atoms with Crippen molar-refractivity contribution in [3.05, 3.63) is 0 Å². The summed E-state index contributed by atoms with van der Waals surface area (Å²) in [5.74, 6) is 0. The lowest BCUT2D eigenvalue weighted by Crippen LogP contribution is -2.42. The molecular weight excluding hydrogens is 182 g/mol. The van der Waals surface area contributed by atoms with Gasteiger partial charge in [0, 0.05) is 12.1 Å². The number of nitrogens with one attached hydrogen (secondary N) is 1. The zero-order valence-electron chi connectivity index (χ0n) is 11.7. The fourth-order valence-electron chi connectivity index (χ4n) is 1.99. The van der Waals surface area contributed by atoms with Gasteiger partial charge in [-0.1, -0.05) is 40.0 Å². The topological polar surface area (TPSA) is 12.0 Å². The number of unbranched alkanes of at least 4 members (excludes halogenated alkanes) is 1. The van der Waals surface area contributed by atoms with Gasteiger partial charge in [-0.15, -0.1) is 0 Å². The first-order chi connectivity index (χ1) is 6.83. The van der Waals surface area contributed by atoms with Crippen molar-refractivity contribution in [2.24, 2.45) is 5.41 Å². The molecule has 0 heterocycles. The molecule has 0 aromatic rings. The maximum atomic E-state index is 3.66. The third-order valence-electron chi connectivity index (χ3n) is 3.03. The van der Waals surface area contributed by atoms with Crippen molar-refractivity contribution in [3.8, 4) is 0 Å². The van der Waals surface area contributed by atoms with Crippen LogP contribution in [0.5, 0.6) is 0 Å². The Kier molecular flexibility index (Phi) is 6.51. The molecule has 1 unspecified atom stereocenters. The molecular formula is C14H31N. The molecule has 0 bridgehead atoms. The highest BCUT2D eigenvalue weighted by atomic mass is 15.0. The van der Waals surface area contributed by atoms with Crippen LogP contribution in [0.1, 0.15) is 73.6 Å². The van der Waals surface area contributed by atoms with Crippen molar-refractivity contribution in [2.75, 3.05) is 6.54 Å². The first-order valence-corrected chi connectivity index (χ1v) is 6.58. The summed E-state index contributed by atoms with van der Waals surface area (Å²) in [4.78, 5) is 0. The third-order valence-corrected chi connectivity index (χ3v) is 3.03. The first kappa shape index (κ1) is 15.0. The highest BCUT2D eigenvalue weighted by Gasteiger charge is 2.24. The summed E-state index contributed by atoms with van der Waals surface area (Å²) in [6.45, 7) is 14.9. The Balaban J connectivity index is 4.11. The van der Waals surface area contributed by atoms with Crippen molar-refractivity contribution in [2.45, 2.75) is 79.2 Å². The Morgan fingerprint density at radius 1 is 0.867 bits per heavy atom. The number of hydrogen-bond acceptors (Lipinski definition) is 1. The molecule has 0 spiro atoms. The van der Waals surface area contributed by atoms with Crippen molar-refractivity contribution >= 4 is 0 Å². The van der Waals surface area contributed by atoms with E-state index >= 15 is 0 Å². The Morgan fingerprint density at radius 2 is 1.47 bits per heavy atom. The Morgan fingerprint density at radius 3 is 1.87 bits per heavy atom. The second-order valence-corrected chi connectivity index (χ2v) is 6.27. The molecule has 1 heteroatoms. The minimum atomic E-state index is 0.251. The first-order valence-electron chi connectivity index (χ1n) is 6.58. The molecule has 1 atom stereocenters. The summed E-state index contributed by atoms with van der Waals surface area (Å²) in [6, 6.07) is 0. The van der Waals surface area contributed by atoms with E-state index in [9.17, 15) is 0 Å². The van der Waals surface area contributed by atoms with E-state index in [0.29, 0.717) is 5.41 Å². The summed E-state index contributed by atoms with van der Waals surface area (Å²) in [7, 11) is 0. The predicted molar refractivity (Wildman–Crippen MR) is 70.3 cm³/mol. The molecule has 0 aromatic carbocycles. The van der Waals surface area contributed by atoms with Crippen LogP contribution in [0, 0.1) is 5.41 Å². The summed E-state index contributed by atoms with van der Waals surface area (Å²) in [6.07, 6.45) is 6.68. The SMILES string of the molecule is CCCCC(C)(CCC)CNC(C)(C)C. The second-order valence-electron chi connectivity index (χ2n) is 6.27. The van der Waals surface area contributed by atoms with Crippen molar-refractivity contribution in [1.29, 1.82) is 0 Å². The van der Waals surface area contributed by atoms with E-state index in [1.54, 1.807) is 0 Å². The second kappa shape index (κ2) is 6.52. The Labute approximate surface area is 97.0 Å². The van der Waals surface area contributed by atoms with Gasteiger partial charge in [0.1, 0.15) is 0 Å². The van der Waals surface area contributed by atoms with E-state index in [-0.39, 0.29) is 5.54 Å². The highest BCUT2D eigenvalue weighted by Crippen LogP contribution is 2.29. The standard InChI is InChI=1S/C14H31N/c1-7-9-11-14(6,10-8-2)12-15-13(3,4)5/h15H,7-12H2,1-6H3. The van der Waals surface area contributed by atoms with E-state index in [2.05, 4.69) is 46.9 Å². The largest absolute Gasteiger partial charge is 0.312 e. The monoisotopic (exact) mass is 213 g/mol. The van der Waals surface area contributed by atoms with Crippen LogP contribution in [0.2, 0.25) is 0 Å². The molecule has 0 fully saturated rings. The zero-order valence-corrected chi connectivity index (χ0v) is 11.7. The summed E-state index contributed by atoms with van der Waals surface area (Å²) in [5, 5.41) is 3.66. The van der Waals surface area contributed by atoms with Gasteiger partial charge in [0.15, 0.2) is 0 Å². The zero-order chi connectivity index (χ0) is 11.9. The van der Waals surface area contributed by atoms with Crippen LogP contribution in [0.25, 0.3) is 0 Å². The van der Waals surface area contributed by atoms with Crippen LogP contribution < -0.4 is 5.32 Å². The molecule has 15 heavy (non-hydrogen) atoms. The van der Waals surface area contributed by atoms with Crippen LogP contribution in [0.3, 0.4) is 0 Å². The van der Waals surface area contributed by atoms with Gasteiger partial charge < -0.3 is 5.32 Å².